The van der Waals surface area contributed by atoms with Crippen LogP contribution in [0.3, 0.4) is 0 Å². The minimum atomic E-state index is -4.65. The van der Waals surface area contributed by atoms with Gasteiger partial charge in [0.1, 0.15) is 0 Å². The van der Waals surface area contributed by atoms with E-state index in [-0.39, 0.29) is 23.1 Å². The van der Waals surface area contributed by atoms with E-state index in [9.17, 15) is 18.0 Å². The number of alkyl halides is 3. The van der Waals surface area contributed by atoms with E-state index >= 15 is 0 Å². The molecule has 1 aromatic heterocycles. The second-order valence-corrected chi connectivity index (χ2v) is 4.00. The summed E-state index contributed by atoms with van der Waals surface area (Å²) in [4.78, 5) is 15.6. The molecule has 112 valence electrons. The van der Waals surface area contributed by atoms with E-state index in [0.717, 1.165) is 6.07 Å². The molecule has 0 saturated carbocycles. The standard InChI is InChI=1S/C11H10F3N5O2/c1-5-16-10(21-19-5)17-9(20)6-2-3-8(18-15)7(4-6)11(12,13)14/h2-4,18H,15H2,1H3,(H,16,17,19,20). The Morgan fingerprint density at radius 3 is 2.62 bits per heavy atom. The number of hydrogen-bond acceptors (Lipinski definition) is 6. The Morgan fingerprint density at radius 2 is 2.10 bits per heavy atom. The number of aromatic nitrogens is 2. The molecule has 0 atom stereocenters. The van der Waals surface area contributed by atoms with Crippen LogP contribution in [0.15, 0.2) is 22.7 Å². The Labute approximate surface area is 116 Å². The lowest BCUT2D eigenvalue weighted by Gasteiger charge is -2.13. The molecule has 2 rings (SSSR count). The van der Waals surface area contributed by atoms with Gasteiger partial charge in [0.25, 0.3) is 5.91 Å². The van der Waals surface area contributed by atoms with Crippen LogP contribution < -0.4 is 16.6 Å². The number of halogens is 3. The second kappa shape index (κ2) is 5.40. The second-order valence-electron chi connectivity index (χ2n) is 4.00. The molecule has 0 unspecified atom stereocenters. The maximum absolute atomic E-state index is 12.8. The van der Waals surface area contributed by atoms with Crippen molar-refractivity contribution in [2.45, 2.75) is 13.1 Å². The Hall–Kier alpha value is -2.62. The van der Waals surface area contributed by atoms with E-state index < -0.39 is 17.6 Å². The van der Waals surface area contributed by atoms with Gasteiger partial charge in [-0.3, -0.25) is 16.0 Å². The van der Waals surface area contributed by atoms with Crippen LogP contribution in [0, 0.1) is 6.92 Å². The van der Waals surface area contributed by atoms with Crippen molar-refractivity contribution in [1.82, 2.24) is 10.1 Å². The molecule has 0 aliphatic heterocycles. The normalized spacial score (nSPS) is 11.3. The highest BCUT2D eigenvalue weighted by Gasteiger charge is 2.34. The van der Waals surface area contributed by atoms with Crippen LogP contribution in [0.2, 0.25) is 0 Å². The Bertz CT molecular complexity index is 668. The largest absolute Gasteiger partial charge is 0.418 e. The number of anilines is 2. The summed E-state index contributed by atoms with van der Waals surface area (Å²) in [5.41, 5.74) is 0.308. The number of aryl methyl sites for hydroxylation is 1. The van der Waals surface area contributed by atoms with Crippen molar-refractivity contribution >= 4 is 17.6 Å². The molecule has 1 heterocycles. The third-order valence-corrected chi connectivity index (χ3v) is 2.49. The van der Waals surface area contributed by atoms with Crippen LogP contribution in [0.1, 0.15) is 21.7 Å². The van der Waals surface area contributed by atoms with Crippen LogP contribution in [0.5, 0.6) is 0 Å². The third-order valence-electron chi connectivity index (χ3n) is 2.49. The number of hydrazine groups is 1. The van der Waals surface area contributed by atoms with E-state index in [4.69, 9.17) is 5.84 Å². The van der Waals surface area contributed by atoms with Gasteiger partial charge < -0.3 is 9.95 Å². The lowest BCUT2D eigenvalue weighted by molar-refractivity contribution is -0.137. The highest BCUT2D eigenvalue weighted by atomic mass is 19.4. The van der Waals surface area contributed by atoms with Gasteiger partial charge in [-0.25, -0.2) is 0 Å². The molecule has 0 aliphatic carbocycles. The quantitative estimate of drug-likeness (QED) is 0.591. The maximum Gasteiger partial charge on any atom is 0.418 e. The molecule has 0 bridgehead atoms. The minimum Gasteiger partial charge on any atom is -0.324 e. The van der Waals surface area contributed by atoms with Gasteiger partial charge in [-0.1, -0.05) is 5.16 Å². The number of hydrogen-bond donors (Lipinski definition) is 3. The molecule has 2 aromatic rings. The fourth-order valence-corrected chi connectivity index (χ4v) is 1.56. The van der Waals surface area contributed by atoms with Crippen molar-refractivity contribution in [2.24, 2.45) is 5.84 Å². The van der Waals surface area contributed by atoms with Crippen LogP contribution in [0.25, 0.3) is 0 Å². The number of rotatable bonds is 3. The predicted molar refractivity (Wildman–Crippen MR) is 66.2 cm³/mol. The summed E-state index contributed by atoms with van der Waals surface area (Å²) < 4.78 is 43.2. The first-order chi connectivity index (χ1) is 9.81. The molecule has 0 fully saturated rings. The van der Waals surface area contributed by atoms with E-state index in [1.807, 2.05) is 5.43 Å². The SMILES string of the molecule is Cc1noc(NC(=O)c2ccc(NN)c(C(F)(F)F)c2)n1. The number of amides is 1. The van der Waals surface area contributed by atoms with E-state index in [0.29, 0.717) is 6.07 Å². The van der Waals surface area contributed by atoms with Crippen molar-refractivity contribution in [3.8, 4) is 0 Å². The first kappa shape index (κ1) is 14.8. The van der Waals surface area contributed by atoms with Gasteiger partial charge in [-0.05, 0) is 25.1 Å². The van der Waals surface area contributed by atoms with Gasteiger partial charge in [0.2, 0.25) is 0 Å². The zero-order chi connectivity index (χ0) is 15.6. The van der Waals surface area contributed by atoms with E-state index in [2.05, 4.69) is 20.0 Å². The fraction of sp³-hybridized carbons (Fsp3) is 0.182. The van der Waals surface area contributed by atoms with Crippen LogP contribution in [-0.2, 0) is 6.18 Å². The smallest absolute Gasteiger partial charge is 0.324 e. The molecule has 10 heteroatoms. The predicted octanol–water partition coefficient (Wildman–Crippen LogP) is 1.93. The molecule has 0 aliphatic rings. The summed E-state index contributed by atoms with van der Waals surface area (Å²) in [7, 11) is 0. The number of nitrogen functional groups attached to an aromatic ring is 1. The summed E-state index contributed by atoms with van der Waals surface area (Å²) in [6, 6.07) is 2.71. The van der Waals surface area contributed by atoms with Crippen molar-refractivity contribution in [3.63, 3.8) is 0 Å². The Kier molecular flexibility index (Phi) is 3.80. The first-order valence-electron chi connectivity index (χ1n) is 5.61. The molecule has 21 heavy (non-hydrogen) atoms. The monoisotopic (exact) mass is 301 g/mol. The molecule has 4 N–H and O–H groups in total. The highest BCUT2D eigenvalue weighted by molar-refractivity contribution is 6.03. The zero-order valence-electron chi connectivity index (χ0n) is 10.7. The summed E-state index contributed by atoms with van der Waals surface area (Å²) in [5.74, 6) is 4.49. The zero-order valence-corrected chi connectivity index (χ0v) is 10.7. The summed E-state index contributed by atoms with van der Waals surface area (Å²) >= 11 is 0. The van der Waals surface area contributed by atoms with Crippen molar-refractivity contribution < 1.29 is 22.5 Å². The van der Waals surface area contributed by atoms with E-state index in [1.165, 1.54) is 13.0 Å². The molecule has 0 spiro atoms. The van der Waals surface area contributed by atoms with Crippen molar-refractivity contribution in [2.75, 3.05) is 10.7 Å². The lowest BCUT2D eigenvalue weighted by atomic mass is 10.1. The van der Waals surface area contributed by atoms with Gasteiger partial charge >= 0.3 is 12.2 Å². The number of nitrogens with two attached hydrogens (primary N) is 1. The number of carbonyl (C=O) groups excluding carboxylic acids is 1. The third kappa shape index (κ3) is 3.28. The minimum absolute atomic E-state index is 0.202. The molecule has 1 amide bonds. The molecule has 7 nitrogen and oxygen atoms in total. The van der Waals surface area contributed by atoms with Gasteiger partial charge in [0, 0.05) is 5.56 Å². The topological polar surface area (TPSA) is 106 Å². The van der Waals surface area contributed by atoms with Gasteiger partial charge in [-0.2, -0.15) is 18.2 Å². The number of nitrogens with zero attached hydrogens (tertiary/aromatic N) is 2. The Morgan fingerprint density at radius 1 is 1.38 bits per heavy atom. The highest BCUT2D eigenvalue weighted by Crippen LogP contribution is 2.35. The molecular formula is C11H10F3N5O2. The van der Waals surface area contributed by atoms with Crippen LogP contribution >= 0.6 is 0 Å². The maximum atomic E-state index is 12.8. The van der Waals surface area contributed by atoms with Crippen molar-refractivity contribution in [3.05, 3.63) is 35.2 Å². The molecule has 1 aromatic carbocycles. The summed E-state index contributed by atoms with van der Waals surface area (Å²) in [6.07, 6.45) is -4.65. The van der Waals surface area contributed by atoms with Crippen LogP contribution in [-0.4, -0.2) is 16.0 Å². The molecule has 0 saturated heterocycles. The summed E-state index contributed by atoms with van der Waals surface area (Å²) in [5, 5.41) is 5.64. The Balaban J connectivity index is 2.29. The molecule has 0 radical (unpaired) electrons. The van der Waals surface area contributed by atoms with Gasteiger partial charge in [0.05, 0.1) is 11.3 Å². The summed E-state index contributed by atoms with van der Waals surface area (Å²) in [6.45, 7) is 1.53. The average Bonchev–Trinajstić information content (AvgIpc) is 2.82. The number of nitrogens with one attached hydrogen (secondary N) is 2. The first-order valence-corrected chi connectivity index (χ1v) is 5.61. The lowest BCUT2D eigenvalue weighted by Crippen LogP contribution is -2.18. The fourth-order valence-electron chi connectivity index (χ4n) is 1.56. The van der Waals surface area contributed by atoms with Crippen LogP contribution in [0.4, 0.5) is 24.9 Å². The van der Waals surface area contributed by atoms with E-state index in [1.54, 1.807) is 0 Å². The number of carbonyl (C=O) groups is 1. The van der Waals surface area contributed by atoms with Crippen molar-refractivity contribution in [1.29, 1.82) is 0 Å². The molecular weight excluding hydrogens is 291 g/mol. The average molecular weight is 301 g/mol. The van der Waals surface area contributed by atoms with Gasteiger partial charge in [-0.15, -0.1) is 0 Å². The van der Waals surface area contributed by atoms with Gasteiger partial charge in [0.15, 0.2) is 5.82 Å². The number of benzene rings is 1.